The third kappa shape index (κ3) is 8.61. The van der Waals surface area contributed by atoms with Crippen LogP contribution in [-0.4, -0.2) is 0 Å². The predicted octanol–water partition coefficient (Wildman–Crippen LogP) is 15.2. The van der Waals surface area contributed by atoms with Gasteiger partial charge in [-0.2, -0.15) is 0 Å². The van der Waals surface area contributed by atoms with Crippen LogP contribution in [0.3, 0.4) is 0 Å². The number of anilines is 6. The lowest BCUT2D eigenvalue weighted by Crippen LogP contribution is -2.13. The van der Waals surface area contributed by atoms with E-state index in [9.17, 15) is 0 Å². The quantitative estimate of drug-likeness (QED) is 0.103. The lowest BCUT2D eigenvalue weighted by atomic mass is 10.0. The molecule has 0 radical (unpaired) electrons. The van der Waals surface area contributed by atoms with Crippen molar-refractivity contribution in [1.82, 2.24) is 0 Å². The summed E-state index contributed by atoms with van der Waals surface area (Å²) >= 11 is 0. The molecule has 0 amide bonds. The minimum absolute atomic E-state index is 0.979. The first-order valence-corrected chi connectivity index (χ1v) is 20.2. The maximum Gasteiger partial charge on any atom is 0.0493 e. The Morgan fingerprint density at radius 1 is 0.286 bits per heavy atom. The molecule has 0 aliphatic rings. The summed E-state index contributed by atoms with van der Waals surface area (Å²) in [5.41, 5.74) is 17.3. The molecular weight excluding hydrogens is 677 g/mol. The van der Waals surface area contributed by atoms with Crippen molar-refractivity contribution in [3.8, 4) is 0 Å². The number of nitrogens with zero attached hydrogens (tertiary/aromatic N) is 2. The number of hydrogen-bond donors (Lipinski definition) is 0. The summed E-state index contributed by atoms with van der Waals surface area (Å²) in [6, 6.07) is 61.6. The van der Waals surface area contributed by atoms with Crippen LogP contribution in [0.15, 0.2) is 170 Å². The van der Waals surface area contributed by atoms with Gasteiger partial charge in [-0.15, -0.1) is 0 Å². The smallest absolute Gasteiger partial charge is 0.0493 e. The zero-order chi connectivity index (χ0) is 38.7. The molecule has 7 rings (SSSR count). The van der Waals surface area contributed by atoms with Gasteiger partial charge in [0.05, 0.1) is 0 Å². The maximum absolute atomic E-state index is 2.42. The van der Waals surface area contributed by atoms with Gasteiger partial charge < -0.3 is 9.80 Å². The third-order valence-corrected chi connectivity index (χ3v) is 10.6. The molecule has 0 saturated heterocycles. The van der Waals surface area contributed by atoms with Crippen molar-refractivity contribution < 1.29 is 0 Å². The van der Waals surface area contributed by atoms with Crippen LogP contribution in [0.1, 0.15) is 72.2 Å². The van der Waals surface area contributed by atoms with Crippen LogP contribution in [0, 0.1) is 0 Å². The van der Waals surface area contributed by atoms with Gasteiger partial charge in [0.25, 0.3) is 0 Å². The SMILES string of the molecule is CCc1ccccc1N(c1ccc(C=Cc2ccc(C=Cc3ccc(N(c4ccccc4CC)c4ccccc4CC)cc3)cc2)cc1)c1ccccc1CC. The fourth-order valence-electron chi connectivity index (χ4n) is 7.50. The van der Waals surface area contributed by atoms with E-state index in [-0.39, 0.29) is 0 Å². The van der Waals surface area contributed by atoms with Crippen LogP contribution in [0.5, 0.6) is 0 Å². The van der Waals surface area contributed by atoms with Gasteiger partial charge in [0.1, 0.15) is 0 Å². The number of aryl methyl sites for hydroxylation is 4. The fourth-order valence-corrected chi connectivity index (χ4v) is 7.50. The van der Waals surface area contributed by atoms with Crippen LogP contribution in [0.2, 0.25) is 0 Å². The highest BCUT2D eigenvalue weighted by Gasteiger charge is 2.19. The summed E-state index contributed by atoms with van der Waals surface area (Å²) in [5, 5.41) is 0. The van der Waals surface area contributed by atoms with E-state index in [4.69, 9.17) is 0 Å². The van der Waals surface area contributed by atoms with Gasteiger partial charge in [0, 0.05) is 34.1 Å². The van der Waals surface area contributed by atoms with Gasteiger partial charge in [0.15, 0.2) is 0 Å². The number of benzene rings is 7. The zero-order valence-electron chi connectivity index (χ0n) is 33.2. The Labute approximate surface area is 334 Å². The zero-order valence-corrected chi connectivity index (χ0v) is 33.2. The van der Waals surface area contributed by atoms with Crippen molar-refractivity contribution in [3.63, 3.8) is 0 Å². The Balaban J connectivity index is 1.06. The molecule has 7 aromatic carbocycles. The second-order valence-electron chi connectivity index (χ2n) is 14.1. The van der Waals surface area contributed by atoms with E-state index in [1.807, 2.05) is 0 Å². The molecule has 0 aromatic heterocycles. The second-order valence-corrected chi connectivity index (χ2v) is 14.1. The Kier molecular flexibility index (Phi) is 12.4. The summed E-state index contributed by atoms with van der Waals surface area (Å²) in [7, 11) is 0. The Hall–Kier alpha value is -6.38. The Morgan fingerprint density at radius 3 is 0.732 bits per heavy atom. The van der Waals surface area contributed by atoms with Crippen molar-refractivity contribution >= 4 is 58.4 Å². The molecule has 0 heterocycles. The van der Waals surface area contributed by atoms with E-state index in [0.29, 0.717) is 0 Å². The first-order chi connectivity index (χ1) is 27.6. The lowest BCUT2D eigenvalue weighted by Gasteiger charge is -2.29. The summed E-state index contributed by atoms with van der Waals surface area (Å²) in [6.07, 6.45) is 12.7. The molecule has 0 N–H and O–H groups in total. The molecule has 0 bridgehead atoms. The highest BCUT2D eigenvalue weighted by molar-refractivity contribution is 5.83. The van der Waals surface area contributed by atoms with Gasteiger partial charge in [-0.3, -0.25) is 0 Å². The number of hydrogen-bond acceptors (Lipinski definition) is 2. The molecule has 0 aliphatic heterocycles. The molecular formula is C54H52N2. The average molecular weight is 729 g/mol. The fraction of sp³-hybridized carbons (Fsp3) is 0.148. The van der Waals surface area contributed by atoms with Crippen molar-refractivity contribution in [2.75, 3.05) is 9.80 Å². The first kappa shape index (κ1) is 37.9. The van der Waals surface area contributed by atoms with Crippen molar-refractivity contribution in [3.05, 3.63) is 214 Å². The highest BCUT2D eigenvalue weighted by Crippen LogP contribution is 2.40. The second kappa shape index (κ2) is 18.3. The van der Waals surface area contributed by atoms with E-state index in [0.717, 1.165) is 37.1 Å². The average Bonchev–Trinajstić information content (AvgIpc) is 3.27. The van der Waals surface area contributed by atoms with Gasteiger partial charge in [-0.1, -0.05) is 173 Å². The van der Waals surface area contributed by atoms with Crippen molar-refractivity contribution in [2.24, 2.45) is 0 Å². The van der Waals surface area contributed by atoms with E-state index in [2.05, 4.69) is 232 Å². The monoisotopic (exact) mass is 728 g/mol. The normalized spacial score (nSPS) is 11.4. The maximum atomic E-state index is 2.42. The van der Waals surface area contributed by atoms with Gasteiger partial charge in [-0.05, 0) is 119 Å². The predicted molar refractivity (Wildman–Crippen MR) is 244 cm³/mol. The van der Waals surface area contributed by atoms with Crippen LogP contribution in [0.25, 0.3) is 24.3 Å². The van der Waals surface area contributed by atoms with Crippen LogP contribution >= 0.6 is 0 Å². The first-order valence-electron chi connectivity index (χ1n) is 20.2. The number of rotatable bonds is 14. The molecule has 7 aromatic rings. The van der Waals surface area contributed by atoms with Crippen molar-refractivity contribution in [1.29, 1.82) is 0 Å². The molecule has 278 valence electrons. The summed E-state index contributed by atoms with van der Waals surface area (Å²) in [4.78, 5) is 4.83. The lowest BCUT2D eigenvalue weighted by molar-refractivity contribution is 1.09. The Bertz CT molecular complexity index is 2130. The molecule has 0 atom stereocenters. The molecule has 2 nitrogen and oxygen atoms in total. The molecule has 0 unspecified atom stereocenters. The van der Waals surface area contributed by atoms with Gasteiger partial charge >= 0.3 is 0 Å². The molecule has 0 saturated carbocycles. The van der Waals surface area contributed by atoms with Crippen LogP contribution in [0.4, 0.5) is 34.1 Å². The minimum Gasteiger partial charge on any atom is -0.310 e. The van der Waals surface area contributed by atoms with Gasteiger partial charge in [0.2, 0.25) is 0 Å². The summed E-state index contributed by atoms with van der Waals surface area (Å²) in [5.74, 6) is 0. The van der Waals surface area contributed by atoms with E-state index in [1.165, 1.54) is 67.3 Å². The van der Waals surface area contributed by atoms with Crippen LogP contribution in [-0.2, 0) is 25.7 Å². The van der Waals surface area contributed by atoms with E-state index >= 15 is 0 Å². The van der Waals surface area contributed by atoms with E-state index in [1.54, 1.807) is 0 Å². The van der Waals surface area contributed by atoms with Crippen LogP contribution < -0.4 is 9.80 Å². The molecule has 0 fully saturated rings. The highest BCUT2D eigenvalue weighted by atomic mass is 15.2. The summed E-state index contributed by atoms with van der Waals surface area (Å²) < 4.78 is 0. The largest absolute Gasteiger partial charge is 0.310 e. The molecule has 2 heteroatoms. The topological polar surface area (TPSA) is 6.48 Å². The molecule has 0 aliphatic carbocycles. The third-order valence-electron chi connectivity index (χ3n) is 10.6. The standard InChI is InChI=1S/C54H52N2/c1-5-45-17-9-13-21-51(45)55(52-22-14-10-18-46(52)6-2)49-37-33-43(34-38-49)31-29-41-25-27-42(28-26-41)30-32-44-35-39-50(40-36-44)56(53-23-15-11-19-47(53)7-3)54-24-16-12-20-48(54)8-4/h9-40H,5-8H2,1-4H3. The van der Waals surface area contributed by atoms with Crippen molar-refractivity contribution in [2.45, 2.75) is 53.4 Å². The molecule has 0 spiro atoms. The van der Waals surface area contributed by atoms with E-state index < -0.39 is 0 Å². The minimum atomic E-state index is 0.979. The van der Waals surface area contributed by atoms with Gasteiger partial charge in [-0.25, -0.2) is 0 Å². The molecule has 56 heavy (non-hydrogen) atoms. The number of para-hydroxylation sites is 4. The summed E-state index contributed by atoms with van der Waals surface area (Å²) in [6.45, 7) is 8.92. The Morgan fingerprint density at radius 2 is 0.500 bits per heavy atom.